The lowest BCUT2D eigenvalue weighted by atomic mass is 9.84. The lowest BCUT2D eigenvalue weighted by Gasteiger charge is -2.27. The van der Waals surface area contributed by atoms with Crippen molar-refractivity contribution in [1.82, 2.24) is 4.86 Å². The highest BCUT2D eigenvalue weighted by molar-refractivity contribution is 7.68. The van der Waals surface area contributed by atoms with E-state index >= 15 is 9.13 Å². The first-order valence-electron chi connectivity index (χ1n) is 27.5. The van der Waals surface area contributed by atoms with Crippen LogP contribution in [0.5, 0.6) is 23.0 Å². The van der Waals surface area contributed by atoms with Crippen LogP contribution >= 0.6 is 15.5 Å². The number of nitrogens with one attached hydrogen (secondary N) is 1. The van der Waals surface area contributed by atoms with Gasteiger partial charge >= 0.3 is 15.5 Å². The van der Waals surface area contributed by atoms with Gasteiger partial charge in [-0.15, -0.1) is 0 Å². The van der Waals surface area contributed by atoms with E-state index in [9.17, 15) is 0 Å². The molecule has 2 aliphatic rings. The number of fused-ring (bicyclic) bond motifs is 14. The fraction of sp³-hybridized carbons (Fsp3) is 0.111. The van der Waals surface area contributed by atoms with E-state index in [0.717, 1.165) is 110 Å². The molecule has 9 heteroatoms. The smallest absolute Gasteiger partial charge is 0.403 e. The number of hydrogen-bond acceptors (Lipinski definition) is 6. The number of aryl methyl sites for hydroxylation is 8. The third-order valence-electron chi connectivity index (χ3n) is 16.6. The average Bonchev–Trinajstić information content (AvgIpc) is 2.85. The summed E-state index contributed by atoms with van der Waals surface area (Å²) in [5, 5.41) is 7.22. The van der Waals surface area contributed by atoms with Crippen LogP contribution in [0.15, 0.2) is 194 Å². The Morgan fingerprint density at radius 3 is 0.667 bits per heavy atom. The van der Waals surface area contributed by atoms with Crippen molar-refractivity contribution in [3.63, 3.8) is 0 Å². The quantitative estimate of drug-likeness (QED) is 0.166. The van der Waals surface area contributed by atoms with Crippen LogP contribution in [0.2, 0.25) is 0 Å². The summed E-state index contributed by atoms with van der Waals surface area (Å²) in [6.45, 7) is 16.6. The maximum Gasteiger partial charge on any atom is 0.524 e. The fourth-order valence-electron chi connectivity index (χ4n) is 13.1. The van der Waals surface area contributed by atoms with Crippen molar-refractivity contribution in [1.29, 1.82) is 0 Å². The van der Waals surface area contributed by atoms with Gasteiger partial charge in [0.25, 0.3) is 0 Å². The standard InChI is InChI=1S/C72H57NO6P2/c1-41-21-17-22-42(2)61(41)57-37-49-29-9-13-33-53(49)65-66-54-34-14-10-30-50(54)38-58(62-43(3)23-18-24-44(62)4)70(66)77-80(74,76-69(57)65)73-81(75)78-71-59(63-45(5)25-19-26-46(63)6)39-51-31-11-15-35-55(51)67(71)68-56-36-16-12-32-52(56)40-60(72(68)79-81)64-47(7)27-20-28-48(64)8/h9-40H,1-8H3,(H,73,74,75). The summed E-state index contributed by atoms with van der Waals surface area (Å²) < 4.78 is 64.3. The number of hydrogen-bond donors (Lipinski definition) is 1. The van der Waals surface area contributed by atoms with Crippen molar-refractivity contribution in [3.05, 3.63) is 239 Å². The van der Waals surface area contributed by atoms with Crippen LogP contribution in [-0.4, -0.2) is 0 Å². The Balaban J connectivity index is 1.12. The number of benzene rings is 12. The molecule has 2 aliphatic heterocycles. The highest BCUT2D eigenvalue weighted by atomic mass is 31.3. The van der Waals surface area contributed by atoms with Gasteiger partial charge in [-0.2, -0.15) is 0 Å². The van der Waals surface area contributed by atoms with Crippen molar-refractivity contribution in [2.75, 3.05) is 0 Å². The second-order valence-electron chi connectivity index (χ2n) is 21.9. The Morgan fingerprint density at radius 2 is 0.457 bits per heavy atom. The maximum atomic E-state index is 17.4. The summed E-state index contributed by atoms with van der Waals surface area (Å²) >= 11 is 0. The highest BCUT2D eigenvalue weighted by Gasteiger charge is 2.50. The monoisotopic (exact) mass is 1090 g/mol. The van der Waals surface area contributed by atoms with Gasteiger partial charge in [-0.1, -0.05) is 175 Å². The lowest BCUT2D eigenvalue weighted by Crippen LogP contribution is -2.22. The summed E-state index contributed by atoms with van der Waals surface area (Å²) in [5.41, 5.74) is 17.1. The van der Waals surface area contributed by atoms with Gasteiger partial charge in [0, 0.05) is 44.5 Å². The molecule has 0 aliphatic carbocycles. The predicted molar refractivity (Wildman–Crippen MR) is 334 cm³/mol. The molecule has 0 saturated heterocycles. The molecule has 2 heterocycles. The van der Waals surface area contributed by atoms with Gasteiger partial charge in [0.15, 0.2) is 0 Å². The van der Waals surface area contributed by atoms with E-state index in [2.05, 4.69) is 182 Å². The zero-order valence-corrected chi connectivity index (χ0v) is 48.1. The minimum absolute atomic E-state index is 0.302. The minimum atomic E-state index is -5.08. The zero-order valence-electron chi connectivity index (χ0n) is 46.3. The Morgan fingerprint density at radius 1 is 0.259 bits per heavy atom. The molecule has 0 bridgehead atoms. The topological polar surface area (TPSA) is 83.1 Å². The van der Waals surface area contributed by atoms with Crippen LogP contribution in [0.3, 0.4) is 0 Å². The van der Waals surface area contributed by atoms with Crippen molar-refractivity contribution in [2.24, 2.45) is 0 Å². The van der Waals surface area contributed by atoms with Crippen LogP contribution in [0.4, 0.5) is 0 Å². The molecule has 1 N–H and O–H groups in total. The van der Waals surface area contributed by atoms with Crippen molar-refractivity contribution >= 4 is 58.6 Å². The first-order chi connectivity index (χ1) is 39.2. The Kier molecular flexibility index (Phi) is 11.8. The van der Waals surface area contributed by atoms with Crippen molar-refractivity contribution < 1.29 is 27.2 Å². The second-order valence-corrected chi connectivity index (χ2v) is 25.4. The van der Waals surface area contributed by atoms with Gasteiger partial charge in [-0.05, 0) is 190 Å². The van der Waals surface area contributed by atoms with Gasteiger partial charge in [0.2, 0.25) is 0 Å². The average molecular weight is 1090 g/mol. The minimum Gasteiger partial charge on any atom is -0.403 e. The zero-order chi connectivity index (χ0) is 55.6. The molecule has 0 fully saturated rings. The molecule has 12 aromatic carbocycles. The highest BCUT2D eigenvalue weighted by Crippen LogP contribution is 2.69. The molecule has 396 valence electrons. The van der Waals surface area contributed by atoms with E-state index in [-0.39, 0.29) is 0 Å². The molecule has 0 aromatic heterocycles. The molecule has 0 atom stereocenters. The summed E-state index contributed by atoms with van der Waals surface area (Å²) in [6, 6.07) is 66.1. The van der Waals surface area contributed by atoms with Crippen LogP contribution < -0.4 is 23.0 Å². The van der Waals surface area contributed by atoms with Crippen molar-refractivity contribution in [2.45, 2.75) is 55.4 Å². The molecule has 81 heavy (non-hydrogen) atoms. The largest absolute Gasteiger partial charge is 0.524 e. The summed E-state index contributed by atoms with van der Waals surface area (Å²) in [4.78, 5) is 3.10. The van der Waals surface area contributed by atoms with Gasteiger partial charge in [-0.25, -0.2) is 9.13 Å². The summed E-state index contributed by atoms with van der Waals surface area (Å²) in [6.07, 6.45) is 0. The van der Waals surface area contributed by atoms with Gasteiger partial charge < -0.3 is 18.1 Å². The molecule has 12 aromatic rings. The molecular formula is C72H57NO6P2. The SMILES string of the molecule is Cc1cccc(C)c1-c1cc2ccccc2c2c1OP(=O)(NP1(=O)Oc3c(-c4c(C)cccc4C)cc4ccccc4c3-c3c(c(-c4c(C)cccc4C)cc4ccccc34)O1)Oc1c(-c3c(C)cccc3C)cc3ccccc3c1-2. The second kappa shape index (κ2) is 19.0. The van der Waals surface area contributed by atoms with E-state index in [0.29, 0.717) is 67.5 Å². The molecule has 0 saturated carbocycles. The normalized spacial score (nSPS) is 13.9. The summed E-state index contributed by atoms with van der Waals surface area (Å²) in [5.74, 6) is 1.21. The summed E-state index contributed by atoms with van der Waals surface area (Å²) in [7, 11) is -10.2. The third kappa shape index (κ3) is 8.12. The first kappa shape index (κ1) is 50.5. The van der Waals surface area contributed by atoms with Crippen molar-refractivity contribution in [3.8, 4) is 89.8 Å². The molecule has 7 nitrogen and oxygen atoms in total. The fourth-order valence-corrected chi connectivity index (χ4v) is 16.8. The molecule has 0 unspecified atom stereocenters. The third-order valence-corrected chi connectivity index (χ3v) is 20.3. The van der Waals surface area contributed by atoms with E-state index in [4.69, 9.17) is 18.1 Å². The molecular weight excluding hydrogens is 1040 g/mol. The van der Waals surface area contributed by atoms with E-state index in [1.807, 2.05) is 72.8 Å². The Hall–Kier alpha value is -8.70. The van der Waals surface area contributed by atoms with E-state index < -0.39 is 15.5 Å². The lowest BCUT2D eigenvalue weighted by molar-refractivity contribution is 0.359. The van der Waals surface area contributed by atoms with Crippen LogP contribution in [0.25, 0.3) is 110 Å². The van der Waals surface area contributed by atoms with Crippen LogP contribution in [0, 0.1) is 55.4 Å². The van der Waals surface area contributed by atoms with Gasteiger partial charge in [-0.3, -0.25) is 0 Å². The van der Waals surface area contributed by atoms with Crippen LogP contribution in [-0.2, 0) is 9.13 Å². The maximum absolute atomic E-state index is 17.4. The molecule has 14 rings (SSSR count). The van der Waals surface area contributed by atoms with Gasteiger partial charge in [0.1, 0.15) is 23.0 Å². The Labute approximate surface area is 472 Å². The first-order valence-corrected chi connectivity index (χ1v) is 30.5. The van der Waals surface area contributed by atoms with Gasteiger partial charge in [0.05, 0.1) is 0 Å². The number of rotatable bonds is 6. The molecule has 0 radical (unpaired) electrons. The Bertz CT molecular complexity index is 4130. The molecule has 0 amide bonds. The van der Waals surface area contributed by atoms with Crippen LogP contribution in [0.1, 0.15) is 44.5 Å². The molecule has 0 spiro atoms. The van der Waals surface area contributed by atoms with E-state index in [1.54, 1.807) is 0 Å². The predicted octanol–water partition coefficient (Wildman–Crippen LogP) is 20.8. The van der Waals surface area contributed by atoms with E-state index in [1.165, 1.54) is 0 Å².